The minimum Gasteiger partial charge on any atom is -0.378 e. The van der Waals surface area contributed by atoms with Gasteiger partial charge in [0.25, 0.3) is 11.4 Å². The van der Waals surface area contributed by atoms with Gasteiger partial charge in [-0.3, -0.25) is 20.2 Å². The lowest BCUT2D eigenvalue weighted by molar-refractivity contribution is -0.384. The van der Waals surface area contributed by atoms with Crippen molar-refractivity contribution in [2.45, 2.75) is 24.9 Å². The largest absolute Gasteiger partial charge is 0.378 e. The van der Waals surface area contributed by atoms with Crippen LogP contribution in [0, 0.1) is 20.2 Å². The Balaban J connectivity index is 1.35. The number of nitrogens with zero attached hydrogens (tertiary/aromatic N) is 5. The Kier molecular flexibility index (Phi) is 8.16. The van der Waals surface area contributed by atoms with E-state index in [1.807, 2.05) is 42.6 Å². The normalized spacial score (nSPS) is 18.6. The fourth-order valence-corrected chi connectivity index (χ4v) is 6.31. The second kappa shape index (κ2) is 12.2. The van der Waals surface area contributed by atoms with Crippen LogP contribution < -0.4 is 9.80 Å². The van der Waals surface area contributed by atoms with Crippen LogP contribution in [-0.2, 0) is 4.74 Å². The minimum atomic E-state index is -0.488. The number of nitro benzene ring substituents is 2. The summed E-state index contributed by atoms with van der Waals surface area (Å²) >= 11 is 12.2. The van der Waals surface area contributed by atoms with Crippen molar-refractivity contribution in [2.24, 2.45) is 0 Å². The smallest absolute Gasteiger partial charge is 0.288 e. The van der Waals surface area contributed by atoms with Gasteiger partial charge in [0.05, 0.1) is 35.1 Å². The molecule has 220 valence electrons. The van der Waals surface area contributed by atoms with Gasteiger partial charge in [0.2, 0.25) is 0 Å². The van der Waals surface area contributed by atoms with Crippen LogP contribution in [0.25, 0.3) is 11.1 Å². The molecule has 2 aliphatic heterocycles. The van der Waals surface area contributed by atoms with Gasteiger partial charge in [-0.15, -0.1) is 0 Å². The SMILES string of the molecule is O=[N+]([O-])c1cc(C2CC[C@H](c3ccc(Cl)c([N+](=O)[O-])c3)N2c2ccc(-c3ccc(N4CCOCC4)nc3)cc2)ccc1Cl. The highest BCUT2D eigenvalue weighted by molar-refractivity contribution is 6.33. The minimum absolute atomic E-state index is 0.0702. The maximum atomic E-state index is 11.7. The predicted molar refractivity (Wildman–Crippen MR) is 166 cm³/mol. The zero-order valence-corrected chi connectivity index (χ0v) is 24.4. The van der Waals surface area contributed by atoms with Crippen molar-refractivity contribution in [1.82, 2.24) is 4.98 Å². The van der Waals surface area contributed by atoms with E-state index in [1.54, 1.807) is 24.3 Å². The number of rotatable bonds is 7. The van der Waals surface area contributed by atoms with Gasteiger partial charge in [-0.05, 0) is 65.9 Å². The third-order valence-electron chi connectivity index (χ3n) is 8.07. The molecule has 0 N–H and O–H groups in total. The van der Waals surface area contributed by atoms with Gasteiger partial charge >= 0.3 is 0 Å². The first-order valence-electron chi connectivity index (χ1n) is 13.9. The summed E-state index contributed by atoms with van der Waals surface area (Å²) in [4.78, 5) is 31.4. The summed E-state index contributed by atoms with van der Waals surface area (Å²) in [7, 11) is 0. The van der Waals surface area contributed by atoms with Crippen molar-refractivity contribution < 1.29 is 14.6 Å². The average molecular weight is 620 g/mol. The van der Waals surface area contributed by atoms with Crippen LogP contribution in [0.15, 0.2) is 79.0 Å². The molecular weight excluding hydrogens is 593 g/mol. The van der Waals surface area contributed by atoms with Gasteiger partial charge in [-0.2, -0.15) is 0 Å². The highest BCUT2D eigenvalue weighted by atomic mass is 35.5. The number of halogens is 2. The molecule has 0 radical (unpaired) electrons. The molecule has 1 aromatic heterocycles. The van der Waals surface area contributed by atoms with E-state index in [2.05, 4.69) is 14.8 Å². The number of hydrogen-bond acceptors (Lipinski definition) is 8. The molecule has 3 aromatic carbocycles. The summed E-state index contributed by atoms with van der Waals surface area (Å²) in [6.45, 7) is 3.01. The number of hydrogen-bond donors (Lipinski definition) is 0. The van der Waals surface area contributed by atoms with Gasteiger partial charge in [-0.1, -0.05) is 47.5 Å². The maximum Gasteiger partial charge on any atom is 0.288 e. The van der Waals surface area contributed by atoms with Crippen molar-refractivity contribution >= 4 is 46.1 Å². The second-order valence-electron chi connectivity index (χ2n) is 10.5. The number of morpholine rings is 1. The van der Waals surface area contributed by atoms with Crippen molar-refractivity contribution in [3.8, 4) is 11.1 Å². The molecule has 1 unspecified atom stereocenters. The summed E-state index contributed by atoms with van der Waals surface area (Å²) in [5.74, 6) is 0.917. The molecule has 0 aliphatic carbocycles. The molecule has 2 fully saturated rings. The average Bonchev–Trinajstić information content (AvgIpc) is 3.47. The second-order valence-corrected chi connectivity index (χ2v) is 11.3. The number of pyridine rings is 1. The fourth-order valence-electron chi connectivity index (χ4n) is 5.94. The topological polar surface area (TPSA) is 115 Å². The first-order chi connectivity index (χ1) is 20.8. The molecule has 2 atom stereocenters. The Morgan fingerprint density at radius 2 is 1.28 bits per heavy atom. The van der Waals surface area contributed by atoms with Crippen molar-refractivity contribution in [3.05, 3.63) is 120 Å². The predicted octanol–water partition coefficient (Wildman–Crippen LogP) is 7.79. The van der Waals surface area contributed by atoms with Crippen molar-refractivity contribution in [2.75, 3.05) is 36.1 Å². The molecule has 2 saturated heterocycles. The molecule has 0 spiro atoms. The quantitative estimate of drug-likeness (QED) is 0.152. The van der Waals surface area contributed by atoms with Crippen LogP contribution in [0.5, 0.6) is 0 Å². The number of ether oxygens (including phenoxy) is 1. The first kappa shape index (κ1) is 28.9. The Hall–Kier alpha value is -4.25. The van der Waals surface area contributed by atoms with Crippen LogP contribution in [0.1, 0.15) is 36.1 Å². The molecule has 3 heterocycles. The van der Waals surface area contributed by atoms with E-state index in [1.165, 1.54) is 12.1 Å². The van der Waals surface area contributed by atoms with Gasteiger partial charge in [0, 0.05) is 42.7 Å². The zero-order valence-electron chi connectivity index (χ0n) is 22.9. The molecule has 12 heteroatoms. The number of benzene rings is 3. The molecule has 4 aromatic rings. The monoisotopic (exact) mass is 619 g/mol. The van der Waals surface area contributed by atoms with E-state index < -0.39 is 9.85 Å². The van der Waals surface area contributed by atoms with Crippen LogP contribution in [0.3, 0.4) is 0 Å². The van der Waals surface area contributed by atoms with E-state index >= 15 is 0 Å². The van der Waals surface area contributed by atoms with E-state index in [0.29, 0.717) is 26.1 Å². The van der Waals surface area contributed by atoms with E-state index in [9.17, 15) is 20.2 Å². The molecular formula is C31H27Cl2N5O5. The zero-order chi connectivity index (χ0) is 30.1. The lowest BCUT2D eigenvalue weighted by Gasteiger charge is -2.33. The van der Waals surface area contributed by atoms with Crippen molar-refractivity contribution in [1.29, 1.82) is 0 Å². The third kappa shape index (κ3) is 5.86. The van der Waals surface area contributed by atoms with Crippen LogP contribution in [0.4, 0.5) is 22.9 Å². The molecule has 0 saturated carbocycles. The van der Waals surface area contributed by atoms with Crippen LogP contribution in [0.2, 0.25) is 10.0 Å². The number of nitro groups is 2. The van der Waals surface area contributed by atoms with E-state index in [4.69, 9.17) is 27.9 Å². The van der Waals surface area contributed by atoms with Gasteiger partial charge in [-0.25, -0.2) is 4.98 Å². The number of anilines is 2. The molecule has 10 nitrogen and oxygen atoms in total. The molecule has 0 amide bonds. The molecule has 6 rings (SSSR count). The Labute approximate surface area is 257 Å². The highest BCUT2D eigenvalue weighted by Crippen LogP contribution is 2.48. The maximum absolute atomic E-state index is 11.7. The van der Waals surface area contributed by atoms with Gasteiger partial charge in [0.15, 0.2) is 0 Å². The van der Waals surface area contributed by atoms with Crippen molar-refractivity contribution in [3.63, 3.8) is 0 Å². The molecule has 0 bridgehead atoms. The fraction of sp³-hybridized carbons (Fsp3) is 0.258. The highest BCUT2D eigenvalue weighted by Gasteiger charge is 2.37. The number of aromatic nitrogens is 1. The Morgan fingerprint density at radius 3 is 1.77 bits per heavy atom. The Bertz CT molecular complexity index is 1590. The Morgan fingerprint density at radius 1 is 0.744 bits per heavy atom. The van der Waals surface area contributed by atoms with Crippen LogP contribution in [-0.4, -0.2) is 41.1 Å². The summed E-state index contributed by atoms with van der Waals surface area (Å²) in [6.07, 6.45) is 3.21. The summed E-state index contributed by atoms with van der Waals surface area (Å²) in [6, 6.07) is 21.4. The summed E-state index contributed by atoms with van der Waals surface area (Å²) < 4.78 is 5.44. The van der Waals surface area contributed by atoms with Crippen LogP contribution >= 0.6 is 23.2 Å². The lowest BCUT2D eigenvalue weighted by atomic mass is 10.0. The van der Waals surface area contributed by atoms with E-state index in [0.717, 1.165) is 46.8 Å². The summed E-state index contributed by atoms with van der Waals surface area (Å²) in [5, 5.41) is 23.5. The van der Waals surface area contributed by atoms with Gasteiger partial charge < -0.3 is 14.5 Å². The van der Waals surface area contributed by atoms with E-state index in [-0.39, 0.29) is 33.5 Å². The third-order valence-corrected chi connectivity index (χ3v) is 8.71. The van der Waals surface area contributed by atoms with Gasteiger partial charge in [0.1, 0.15) is 15.9 Å². The molecule has 2 aliphatic rings. The standard InChI is InChI=1S/C31H27Cl2N5O5/c32-25-8-3-21(17-29(25)37(39)40)27-10-11-28(22-4-9-26(33)30(18-22)38(41)42)36(27)24-6-1-20(2-7-24)23-5-12-31(34-19-23)35-13-15-43-16-14-35/h1-9,12,17-19,27-28H,10-11,13-16H2/t27-,28?/m1/s1. The summed E-state index contributed by atoms with van der Waals surface area (Å²) in [5.41, 5.74) is 4.01. The first-order valence-corrected chi connectivity index (χ1v) is 14.6. The lowest BCUT2D eigenvalue weighted by Crippen LogP contribution is -2.36. The molecule has 43 heavy (non-hydrogen) atoms.